The molecule has 0 spiro atoms. The van der Waals surface area contributed by atoms with Crippen molar-refractivity contribution in [3.05, 3.63) is 28.8 Å². The van der Waals surface area contributed by atoms with E-state index in [1.165, 1.54) is 0 Å². The fraction of sp³-hybridized carbons (Fsp3) is 0.438. The molecule has 0 bridgehead atoms. The molecule has 23 heavy (non-hydrogen) atoms. The lowest BCUT2D eigenvalue weighted by molar-refractivity contribution is -0.142. The van der Waals surface area contributed by atoms with Crippen LogP contribution in [0.2, 0.25) is 5.02 Å². The largest absolute Gasteiger partial charge is 0.480 e. The number of para-hydroxylation sites is 1. The predicted molar refractivity (Wildman–Crippen MR) is 89.3 cm³/mol. The highest BCUT2D eigenvalue weighted by Crippen LogP contribution is 2.37. The fourth-order valence-corrected chi connectivity index (χ4v) is 2.50. The molecule has 0 atom stereocenters. The van der Waals surface area contributed by atoms with Crippen LogP contribution >= 0.6 is 11.6 Å². The topological polar surface area (TPSA) is 83.9 Å². The Morgan fingerprint density at radius 2 is 1.96 bits per heavy atom. The van der Waals surface area contributed by atoms with Crippen LogP contribution in [-0.4, -0.2) is 50.5 Å². The third-order valence-electron chi connectivity index (χ3n) is 3.17. The lowest BCUT2D eigenvalue weighted by atomic mass is 10.1. The number of rotatable bonds is 7. The van der Waals surface area contributed by atoms with E-state index < -0.39 is 5.97 Å². The highest BCUT2D eigenvalue weighted by Gasteiger charge is 2.30. The Balaban J connectivity index is 0.00000112. The molecule has 1 fully saturated rings. The van der Waals surface area contributed by atoms with E-state index in [9.17, 15) is 4.79 Å². The summed E-state index contributed by atoms with van der Waals surface area (Å²) in [6, 6.07) is 6.37. The average Bonchev–Trinajstić information content (AvgIpc) is 3.38. The fourth-order valence-electron chi connectivity index (χ4n) is 2.17. The quantitative estimate of drug-likeness (QED) is 0.765. The molecule has 0 aliphatic heterocycles. The van der Waals surface area contributed by atoms with Gasteiger partial charge >= 0.3 is 5.97 Å². The molecule has 128 valence electrons. The number of carboxylic acids is 1. The summed E-state index contributed by atoms with van der Waals surface area (Å²) in [7, 11) is 0. The number of hydrogen-bond donors (Lipinski definition) is 1. The first-order chi connectivity index (χ1) is 11.1. The number of carboxylic acid groups (broad SMARTS) is 1. The van der Waals surface area contributed by atoms with Crippen molar-refractivity contribution < 1.29 is 24.2 Å². The molecule has 1 aliphatic rings. The van der Waals surface area contributed by atoms with Gasteiger partial charge in [0.1, 0.15) is 20.2 Å². The van der Waals surface area contributed by atoms with Crippen LogP contribution in [0.3, 0.4) is 0 Å². The van der Waals surface area contributed by atoms with Crippen molar-refractivity contribution in [2.24, 2.45) is 0 Å². The molecule has 7 heteroatoms. The maximum Gasteiger partial charge on any atom is 0.329 e. The van der Waals surface area contributed by atoms with Gasteiger partial charge in [0.25, 0.3) is 0 Å². The van der Waals surface area contributed by atoms with Gasteiger partial charge in [0, 0.05) is 12.6 Å². The zero-order valence-corrected chi connectivity index (χ0v) is 13.9. The van der Waals surface area contributed by atoms with Gasteiger partial charge < -0.3 is 24.3 Å². The lowest BCUT2D eigenvalue weighted by Crippen LogP contribution is -2.31. The van der Waals surface area contributed by atoms with Gasteiger partial charge in [-0.15, -0.1) is 0 Å². The highest BCUT2D eigenvalue weighted by molar-refractivity contribution is 6.33. The van der Waals surface area contributed by atoms with E-state index >= 15 is 0 Å². The van der Waals surface area contributed by atoms with Crippen molar-refractivity contribution in [2.75, 3.05) is 24.7 Å². The number of ether oxygens (including phenoxy) is 1. The smallest absolute Gasteiger partial charge is 0.329 e. The number of aliphatic carboxylic acids is 1. The van der Waals surface area contributed by atoms with Crippen LogP contribution in [0.25, 0.3) is 0 Å². The van der Waals surface area contributed by atoms with E-state index in [1.54, 1.807) is 0 Å². The van der Waals surface area contributed by atoms with Crippen molar-refractivity contribution in [1.29, 1.82) is 0 Å². The minimum Gasteiger partial charge on any atom is -0.480 e. The molecular formula is C16H22ClNO5. The summed E-state index contributed by atoms with van der Waals surface area (Å²) in [4.78, 5) is 28.6. The monoisotopic (exact) mass is 343 g/mol. The molecule has 0 aromatic heterocycles. The van der Waals surface area contributed by atoms with Crippen LogP contribution in [0.1, 0.15) is 18.4 Å². The summed E-state index contributed by atoms with van der Waals surface area (Å²) in [6.07, 6.45) is 2.31. The summed E-state index contributed by atoms with van der Waals surface area (Å²) < 4.78 is 5.12. The number of anilines is 1. The van der Waals surface area contributed by atoms with Crippen molar-refractivity contribution in [2.45, 2.75) is 25.8 Å². The van der Waals surface area contributed by atoms with Gasteiger partial charge in [0.15, 0.2) is 0 Å². The van der Waals surface area contributed by atoms with E-state index in [2.05, 4.69) is 4.90 Å². The van der Waals surface area contributed by atoms with Crippen LogP contribution in [0.4, 0.5) is 5.69 Å². The number of halogens is 1. The maximum atomic E-state index is 10.4. The van der Waals surface area contributed by atoms with Crippen molar-refractivity contribution in [3.63, 3.8) is 0 Å². The van der Waals surface area contributed by atoms with E-state index in [4.69, 9.17) is 31.0 Å². The van der Waals surface area contributed by atoms with Gasteiger partial charge in [-0.25, -0.2) is 4.79 Å². The molecule has 0 unspecified atom stereocenters. The lowest BCUT2D eigenvalue weighted by Gasteiger charge is -2.27. The van der Waals surface area contributed by atoms with Crippen LogP contribution in [0.15, 0.2) is 18.2 Å². The summed E-state index contributed by atoms with van der Waals surface area (Å²) >= 11 is 6.28. The van der Waals surface area contributed by atoms with E-state index in [0.717, 1.165) is 29.1 Å². The predicted octanol–water partition coefficient (Wildman–Crippen LogP) is 2.35. The van der Waals surface area contributed by atoms with Crippen LogP contribution < -0.4 is 4.90 Å². The normalized spacial score (nSPS) is 12.3. The first kappa shape index (κ1) is 21.1. The third-order valence-corrected chi connectivity index (χ3v) is 3.47. The Morgan fingerprint density at radius 1 is 1.35 bits per heavy atom. The molecule has 1 saturated carbocycles. The molecule has 1 aromatic rings. The SMILES string of the molecule is C=O.C=O.Cc1cccc(Cl)c1N(CCOCC(=O)O)C1CC1. The van der Waals surface area contributed by atoms with Crippen molar-refractivity contribution in [3.8, 4) is 0 Å². The number of carbonyl (C=O) groups excluding carboxylic acids is 2. The molecule has 0 heterocycles. The van der Waals surface area contributed by atoms with Crippen LogP contribution in [-0.2, 0) is 19.1 Å². The van der Waals surface area contributed by atoms with E-state index in [0.29, 0.717) is 19.2 Å². The summed E-state index contributed by atoms with van der Waals surface area (Å²) in [5, 5.41) is 9.29. The Hall–Kier alpha value is -1.92. The Morgan fingerprint density at radius 3 is 2.43 bits per heavy atom. The summed E-state index contributed by atoms with van der Waals surface area (Å²) in [5.74, 6) is -0.938. The second-order valence-corrected chi connectivity index (χ2v) is 5.18. The number of hydrogen-bond acceptors (Lipinski definition) is 5. The minimum atomic E-state index is -0.938. The molecule has 1 N–H and O–H groups in total. The van der Waals surface area contributed by atoms with Crippen LogP contribution in [0, 0.1) is 6.92 Å². The van der Waals surface area contributed by atoms with E-state index in [-0.39, 0.29) is 6.61 Å². The van der Waals surface area contributed by atoms with Gasteiger partial charge in [0.2, 0.25) is 0 Å². The van der Waals surface area contributed by atoms with Gasteiger partial charge in [-0.3, -0.25) is 0 Å². The first-order valence-electron chi connectivity index (χ1n) is 6.98. The minimum absolute atomic E-state index is 0.250. The number of benzene rings is 1. The van der Waals surface area contributed by atoms with Gasteiger partial charge in [0.05, 0.1) is 17.3 Å². The molecule has 1 aromatic carbocycles. The molecule has 2 rings (SSSR count). The first-order valence-corrected chi connectivity index (χ1v) is 7.36. The number of nitrogens with zero attached hydrogens (tertiary/aromatic N) is 1. The van der Waals surface area contributed by atoms with Crippen molar-refractivity contribution in [1.82, 2.24) is 0 Å². The molecule has 0 radical (unpaired) electrons. The number of aryl methyl sites for hydroxylation is 1. The zero-order valence-electron chi connectivity index (χ0n) is 13.2. The van der Waals surface area contributed by atoms with Crippen molar-refractivity contribution >= 4 is 36.8 Å². The Kier molecular flexibility index (Phi) is 10.7. The molecule has 1 aliphatic carbocycles. The second-order valence-electron chi connectivity index (χ2n) is 4.78. The third kappa shape index (κ3) is 7.25. The Bertz CT molecular complexity index is 471. The zero-order chi connectivity index (χ0) is 17.8. The standard InChI is InChI=1S/C14H18ClNO3.2CH2O/c1-10-3-2-4-12(15)14(10)16(11-5-6-11)7-8-19-9-13(17)18;2*1-2/h2-4,11H,5-9H2,1H3,(H,17,18);2*1H2. The van der Waals surface area contributed by atoms with Gasteiger partial charge in [-0.2, -0.15) is 0 Å². The molecular weight excluding hydrogens is 322 g/mol. The van der Waals surface area contributed by atoms with Gasteiger partial charge in [-0.1, -0.05) is 23.7 Å². The maximum absolute atomic E-state index is 10.4. The molecule has 0 amide bonds. The summed E-state index contributed by atoms with van der Waals surface area (Å²) in [5.41, 5.74) is 2.18. The Labute approximate surface area is 141 Å². The molecule has 6 nitrogen and oxygen atoms in total. The van der Waals surface area contributed by atoms with E-state index in [1.807, 2.05) is 38.7 Å². The second kappa shape index (κ2) is 11.6. The van der Waals surface area contributed by atoms with Crippen LogP contribution in [0.5, 0.6) is 0 Å². The summed E-state index contributed by atoms with van der Waals surface area (Å²) in [6.45, 7) is 6.85. The highest BCUT2D eigenvalue weighted by atomic mass is 35.5. The average molecular weight is 344 g/mol. The molecule has 0 saturated heterocycles. The van der Waals surface area contributed by atoms with Gasteiger partial charge in [-0.05, 0) is 31.4 Å². The number of carbonyl (C=O) groups is 3.